The van der Waals surface area contributed by atoms with Crippen LogP contribution < -0.4 is 5.32 Å². The molecule has 144 valence electrons. The van der Waals surface area contributed by atoms with Crippen molar-refractivity contribution in [3.05, 3.63) is 29.1 Å². The zero-order chi connectivity index (χ0) is 19.1. The highest BCUT2D eigenvalue weighted by molar-refractivity contribution is 5.73. The molecule has 4 nitrogen and oxygen atoms in total. The Labute approximate surface area is 148 Å². The van der Waals surface area contributed by atoms with E-state index in [9.17, 15) is 22.7 Å². The highest BCUT2D eigenvalue weighted by Gasteiger charge is 2.51. The summed E-state index contributed by atoms with van der Waals surface area (Å²) in [4.78, 5) is 8.90. The summed E-state index contributed by atoms with van der Waals surface area (Å²) in [6.45, 7) is 1.05. The SMILES string of the molecule is O=C(O)C(F)(F)F.Oc1cc2c(cc1F)C[C@H]1NCC[C@@]23CCCC[C@@H]13. The second-order valence-electron chi connectivity index (χ2n) is 7.29. The lowest BCUT2D eigenvalue weighted by molar-refractivity contribution is -0.192. The Morgan fingerprint density at radius 2 is 1.92 bits per heavy atom. The maximum Gasteiger partial charge on any atom is 0.490 e. The minimum atomic E-state index is -5.08. The topological polar surface area (TPSA) is 69.6 Å². The summed E-state index contributed by atoms with van der Waals surface area (Å²) in [5.41, 5.74) is 2.56. The molecule has 1 heterocycles. The number of aliphatic carboxylic acids is 1. The molecule has 2 aliphatic carbocycles. The average molecular weight is 375 g/mol. The zero-order valence-electron chi connectivity index (χ0n) is 14.1. The predicted octanol–water partition coefficient (Wildman–Crippen LogP) is 3.51. The summed E-state index contributed by atoms with van der Waals surface area (Å²) < 4.78 is 45.4. The molecule has 0 radical (unpaired) electrons. The van der Waals surface area contributed by atoms with E-state index >= 15 is 0 Å². The van der Waals surface area contributed by atoms with E-state index < -0.39 is 18.0 Å². The molecule has 1 aromatic carbocycles. The third-order valence-electron chi connectivity index (χ3n) is 5.95. The Kier molecular flexibility index (Phi) is 4.90. The number of aromatic hydroxyl groups is 1. The number of phenols is 1. The van der Waals surface area contributed by atoms with Gasteiger partial charge >= 0.3 is 12.1 Å². The number of carboxylic acid groups (broad SMARTS) is 1. The minimum Gasteiger partial charge on any atom is -0.505 e. The lowest BCUT2D eigenvalue weighted by atomic mass is 9.53. The van der Waals surface area contributed by atoms with Crippen LogP contribution in [0.3, 0.4) is 0 Å². The van der Waals surface area contributed by atoms with E-state index in [1.54, 1.807) is 12.1 Å². The van der Waals surface area contributed by atoms with E-state index in [0.29, 0.717) is 12.0 Å². The summed E-state index contributed by atoms with van der Waals surface area (Å²) in [6, 6.07) is 3.80. The maximum atomic E-state index is 13.6. The number of nitrogens with one attached hydrogen (secondary N) is 1. The third kappa shape index (κ3) is 3.26. The fourth-order valence-corrected chi connectivity index (χ4v) is 4.94. The van der Waals surface area contributed by atoms with Gasteiger partial charge in [-0.1, -0.05) is 12.8 Å². The first kappa shape index (κ1) is 18.9. The Balaban J connectivity index is 0.000000242. The van der Waals surface area contributed by atoms with Crippen LogP contribution in [0.1, 0.15) is 43.2 Å². The first-order valence-corrected chi connectivity index (χ1v) is 8.70. The van der Waals surface area contributed by atoms with Gasteiger partial charge in [0.05, 0.1) is 0 Å². The van der Waals surface area contributed by atoms with Crippen LogP contribution in [0.5, 0.6) is 5.75 Å². The van der Waals surface area contributed by atoms with Crippen molar-refractivity contribution in [2.75, 3.05) is 6.54 Å². The predicted molar refractivity (Wildman–Crippen MR) is 85.5 cm³/mol. The van der Waals surface area contributed by atoms with Gasteiger partial charge in [-0.05, 0) is 61.4 Å². The van der Waals surface area contributed by atoms with Crippen molar-refractivity contribution in [2.45, 2.75) is 56.2 Å². The number of fused-ring (bicyclic) bond motifs is 1. The number of carboxylic acids is 1. The van der Waals surface area contributed by atoms with Crippen molar-refractivity contribution in [1.29, 1.82) is 0 Å². The lowest BCUT2D eigenvalue weighted by Crippen LogP contribution is -2.59. The molecule has 0 aromatic heterocycles. The Morgan fingerprint density at radius 1 is 1.23 bits per heavy atom. The van der Waals surface area contributed by atoms with E-state index in [2.05, 4.69) is 5.32 Å². The van der Waals surface area contributed by atoms with Crippen LogP contribution in [-0.4, -0.2) is 34.9 Å². The summed E-state index contributed by atoms with van der Waals surface area (Å²) in [7, 11) is 0. The van der Waals surface area contributed by atoms with Crippen LogP contribution in [0, 0.1) is 11.7 Å². The Hall–Kier alpha value is -1.83. The van der Waals surface area contributed by atoms with Crippen molar-refractivity contribution in [3.8, 4) is 5.75 Å². The smallest absolute Gasteiger partial charge is 0.490 e. The fourth-order valence-electron chi connectivity index (χ4n) is 4.94. The molecule has 3 atom stereocenters. The summed E-state index contributed by atoms with van der Waals surface area (Å²) in [5, 5.41) is 20.5. The summed E-state index contributed by atoms with van der Waals surface area (Å²) in [6.07, 6.45) is 2.02. The molecule has 3 aliphatic rings. The van der Waals surface area contributed by atoms with Crippen LogP contribution in [0.25, 0.3) is 0 Å². The quantitative estimate of drug-likeness (QED) is 0.607. The number of phenolic OH excluding ortho intramolecular Hbond substituents is 1. The molecule has 0 spiro atoms. The molecular formula is C18H21F4NO3. The van der Waals surface area contributed by atoms with Crippen molar-refractivity contribution in [3.63, 3.8) is 0 Å². The van der Waals surface area contributed by atoms with Crippen LogP contribution in [0.4, 0.5) is 17.6 Å². The van der Waals surface area contributed by atoms with Crippen LogP contribution in [0.2, 0.25) is 0 Å². The second kappa shape index (κ2) is 6.72. The maximum absolute atomic E-state index is 13.6. The number of hydrogen-bond donors (Lipinski definition) is 3. The van der Waals surface area contributed by atoms with Crippen LogP contribution in [-0.2, 0) is 16.6 Å². The molecule has 4 rings (SSSR count). The Bertz CT molecular complexity index is 702. The Morgan fingerprint density at radius 3 is 2.58 bits per heavy atom. The van der Waals surface area contributed by atoms with Gasteiger partial charge in [-0.2, -0.15) is 13.2 Å². The van der Waals surface area contributed by atoms with Gasteiger partial charge < -0.3 is 15.5 Å². The van der Waals surface area contributed by atoms with Crippen molar-refractivity contribution >= 4 is 5.97 Å². The molecule has 26 heavy (non-hydrogen) atoms. The second-order valence-corrected chi connectivity index (χ2v) is 7.29. The molecular weight excluding hydrogens is 354 g/mol. The van der Waals surface area contributed by atoms with Gasteiger partial charge in [-0.15, -0.1) is 0 Å². The standard InChI is InChI=1S/C16H20FNO.C2HF3O2/c17-13-7-10-8-14-11-3-1-2-4-16(11,5-6-18-14)12(10)9-15(13)19;3-2(4,5)1(6)7/h7,9,11,14,18-19H,1-6,8H2;(H,6,7)/t11-,14+,16+;/m0./s1. The number of hydrogen-bond acceptors (Lipinski definition) is 3. The summed E-state index contributed by atoms with van der Waals surface area (Å²) >= 11 is 0. The van der Waals surface area contributed by atoms with E-state index in [4.69, 9.17) is 9.90 Å². The van der Waals surface area contributed by atoms with Gasteiger partial charge in [0.1, 0.15) is 0 Å². The first-order chi connectivity index (χ1) is 12.1. The van der Waals surface area contributed by atoms with Crippen molar-refractivity contribution in [2.24, 2.45) is 5.92 Å². The van der Waals surface area contributed by atoms with Gasteiger partial charge in [-0.25, -0.2) is 9.18 Å². The minimum absolute atomic E-state index is 0.172. The van der Waals surface area contributed by atoms with Gasteiger partial charge in [0.15, 0.2) is 11.6 Å². The van der Waals surface area contributed by atoms with E-state index in [1.807, 2.05) is 0 Å². The molecule has 1 aromatic rings. The molecule has 2 fully saturated rings. The number of alkyl halides is 3. The molecule has 2 bridgehead atoms. The normalized spacial score (nSPS) is 29.7. The van der Waals surface area contributed by atoms with E-state index in [1.165, 1.54) is 31.2 Å². The average Bonchev–Trinajstić information content (AvgIpc) is 2.57. The number of halogens is 4. The molecule has 8 heteroatoms. The van der Waals surface area contributed by atoms with Crippen molar-refractivity contribution < 1.29 is 32.6 Å². The molecule has 1 saturated heterocycles. The lowest BCUT2D eigenvalue weighted by Gasteiger charge is -2.56. The zero-order valence-corrected chi connectivity index (χ0v) is 14.1. The number of benzene rings is 1. The van der Waals surface area contributed by atoms with E-state index in [0.717, 1.165) is 24.9 Å². The van der Waals surface area contributed by atoms with E-state index in [-0.39, 0.29) is 11.2 Å². The third-order valence-corrected chi connectivity index (χ3v) is 5.95. The largest absolute Gasteiger partial charge is 0.505 e. The van der Waals surface area contributed by atoms with Gasteiger partial charge in [-0.3, -0.25) is 0 Å². The highest BCUT2D eigenvalue weighted by Crippen LogP contribution is 2.54. The number of carbonyl (C=O) groups is 1. The molecule has 1 aliphatic heterocycles. The number of rotatable bonds is 0. The summed E-state index contributed by atoms with van der Waals surface area (Å²) in [5.74, 6) is -2.73. The van der Waals surface area contributed by atoms with Gasteiger partial charge in [0, 0.05) is 11.5 Å². The first-order valence-electron chi connectivity index (χ1n) is 8.70. The van der Waals surface area contributed by atoms with Crippen LogP contribution in [0.15, 0.2) is 12.1 Å². The number of piperidine rings is 1. The molecule has 3 N–H and O–H groups in total. The van der Waals surface area contributed by atoms with Crippen LogP contribution >= 0.6 is 0 Å². The highest BCUT2D eigenvalue weighted by atomic mass is 19.4. The molecule has 0 unspecified atom stereocenters. The monoisotopic (exact) mass is 375 g/mol. The molecule has 0 amide bonds. The van der Waals surface area contributed by atoms with Crippen molar-refractivity contribution in [1.82, 2.24) is 5.32 Å². The fraction of sp³-hybridized carbons (Fsp3) is 0.611. The van der Waals surface area contributed by atoms with Gasteiger partial charge in [0.25, 0.3) is 0 Å². The van der Waals surface area contributed by atoms with Gasteiger partial charge in [0.2, 0.25) is 0 Å². The molecule has 1 saturated carbocycles.